The lowest BCUT2D eigenvalue weighted by Gasteiger charge is -2.25. The summed E-state index contributed by atoms with van der Waals surface area (Å²) in [5.74, 6) is 0.813. The van der Waals surface area contributed by atoms with Gasteiger partial charge in [0.1, 0.15) is 23.4 Å². The van der Waals surface area contributed by atoms with Gasteiger partial charge >= 0.3 is 5.69 Å². The molecule has 11 heteroatoms. The van der Waals surface area contributed by atoms with Crippen LogP contribution in [0.3, 0.4) is 0 Å². The van der Waals surface area contributed by atoms with Crippen LogP contribution in [0.15, 0.2) is 42.6 Å². The van der Waals surface area contributed by atoms with Crippen LogP contribution >= 0.6 is 0 Å². The molecule has 38 heavy (non-hydrogen) atoms. The van der Waals surface area contributed by atoms with Gasteiger partial charge in [0.05, 0.1) is 32.8 Å². The van der Waals surface area contributed by atoms with Crippen molar-refractivity contribution < 1.29 is 23.5 Å². The van der Waals surface area contributed by atoms with Crippen LogP contribution in [0.25, 0.3) is 11.4 Å². The second-order valence-electron chi connectivity index (χ2n) is 9.21. The molecular weight excluding hydrogens is 493 g/mol. The van der Waals surface area contributed by atoms with Gasteiger partial charge in [0.25, 0.3) is 0 Å². The smallest absolute Gasteiger partial charge is 0.316 e. The molecule has 1 unspecified atom stereocenters. The van der Waals surface area contributed by atoms with Gasteiger partial charge < -0.3 is 14.2 Å². The first kappa shape index (κ1) is 25.2. The Labute approximate surface area is 218 Å². The van der Waals surface area contributed by atoms with Crippen molar-refractivity contribution in [1.82, 2.24) is 19.6 Å². The van der Waals surface area contributed by atoms with E-state index in [2.05, 4.69) is 5.10 Å². The summed E-state index contributed by atoms with van der Waals surface area (Å²) < 4.78 is 34.7. The fraction of sp³-hybridized carbons (Fsp3) is 0.333. The van der Waals surface area contributed by atoms with Crippen LogP contribution < -0.4 is 14.2 Å². The fourth-order valence-electron chi connectivity index (χ4n) is 5.16. The lowest BCUT2D eigenvalue weighted by molar-refractivity contribution is -0.384. The average molecular weight is 522 g/mol. The first-order valence-corrected chi connectivity index (χ1v) is 12.1. The number of fused-ring (bicyclic) bond motifs is 1. The highest BCUT2D eigenvalue weighted by Crippen LogP contribution is 2.42. The molecule has 0 spiro atoms. The van der Waals surface area contributed by atoms with Gasteiger partial charge in [-0.1, -0.05) is 12.1 Å². The predicted molar refractivity (Wildman–Crippen MR) is 137 cm³/mol. The Hall–Kier alpha value is -4.41. The maximum Gasteiger partial charge on any atom is 0.316 e. The van der Waals surface area contributed by atoms with E-state index in [9.17, 15) is 10.1 Å². The first-order valence-electron chi connectivity index (χ1n) is 12.1. The molecule has 0 saturated carbocycles. The summed E-state index contributed by atoms with van der Waals surface area (Å²) in [5, 5.41) is 20.8. The number of aromatic nitrogens is 4. The number of nitrogens with zero attached hydrogens (tertiary/aromatic N) is 5. The number of nitro groups is 1. The normalized spacial score (nSPS) is 14.7. The van der Waals surface area contributed by atoms with Crippen molar-refractivity contribution in [2.45, 2.75) is 31.7 Å². The van der Waals surface area contributed by atoms with Gasteiger partial charge in [-0.2, -0.15) is 10.2 Å². The highest BCUT2D eigenvalue weighted by molar-refractivity contribution is 5.70. The zero-order valence-corrected chi connectivity index (χ0v) is 21.6. The Morgan fingerprint density at radius 3 is 2.50 bits per heavy atom. The number of methoxy groups -OCH3 is 3. The fourth-order valence-corrected chi connectivity index (χ4v) is 5.16. The molecule has 2 heterocycles. The maximum absolute atomic E-state index is 15.4. The van der Waals surface area contributed by atoms with Gasteiger partial charge in [0.2, 0.25) is 0 Å². The second kappa shape index (κ2) is 10.2. The van der Waals surface area contributed by atoms with Gasteiger partial charge in [-0.05, 0) is 54.5 Å². The Morgan fingerprint density at radius 2 is 1.84 bits per heavy atom. The zero-order chi connectivity index (χ0) is 27.0. The van der Waals surface area contributed by atoms with E-state index in [1.165, 1.54) is 31.2 Å². The quantitative estimate of drug-likeness (QED) is 0.245. The minimum atomic E-state index is -0.444. The number of aryl methyl sites for hydroxylation is 1. The molecule has 1 atom stereocenters. The van der Waals surface area contributed by atoms with Crippen molar-refractivity contribution in [3.05, 3.63) is 80.9 Å². The van der Waals surface area contributed by atoms with E-state index in [0.29, 0.717) is 48.5 Å². The van der Waals surface area contributed by atoms with E-state index < -0.39 is 10.7 Å². The lowest BCUT2D eigenvalue weighted by Crippen LogP contribution is -2.18. The molecule has 1 aliphatic carbocycles. The number of hydrogen-bond acceptors (Lipinski definition) is 7. The third kappa shape index (κ3) is 4.44. The maximum atomic E-state index is 15.4. The molecule has 0 saturated heterocycles. The third-order valence-corrected chi connectivity index (χ3v) is 7.12. The average Bonchev–Trinajstić information content (AvgIpc) is 3.48. The molecule has 0 aliphatic heterocycles. The number of hydrogen-bond donors (Lipinski definition) is 0. The molecule has 198 valence electrons. The lowest BCUT2D eigenvalue weighted by atomic mass is 9.81. The van der Waals surface area contributed by atoms with E-state index in [1.807, 2.05) is 28.9 Å². The topological polar surface area (TPSA) is 106 Å². The van der Waals surface area contributed by atoms with E-state index >= 15 is 4.39 Å². The van der Waals surface area contributed by atoms with E-state index in [0.717, 1.165) is 22.6 Å². The van der Waals surface area contributed by atoms with Gasteiger partial charge in [-0.15, -0.1) is 0 Å². The third-order valence-electron chi connectivity index (χ3n) is 7.12. The van der Waals surface area contributed by atoms with Crippen molar-refractivity contribution in [1.29, 1.82) is 0 Å². The van der Waals surface area contributed by atoms with Crippen LogP contribution in [0.2, 0.25) is 0 Å². The van der Waals surface area contributed by atoms with Gasteiger partial charge in [0.15, 0.2) is 17.3 Å². The number of benzene rings is 2. The zero-order valence-electron chi connectivity index (χ0n) is 21.6. The standard InChI is InChI=1S/C27H28FN5O5/c1-31-27(23(14-29-31)33(34)35)26-20-10-7-17(21-12-19(37-3)13-24(38-4)25(21)28)11-22(20)32(30-26)15-16-5-8-18(36-2)9-6-16/h5-6,8-9,12-14,17H,7,10-11,15H2,1-4H3. The van der Waals surface area contributed by atoms with Crippen LogP contribution in [0, 0.1) is 15.9 Å². The summed E-state index contributed by atoms with van der Waals surface area (Å²) >= 11 is 0. The molecule has 1 aliphatic rings. The van der Waals surface area contributed by atoms with Crippen molar-refractivity contribution in [3.8, 4) is 28.6 Å². The Morgan fingerprint density at radius 1 is 1.11 bits per heavy atom. The summed E-state index contributed by atoms with van der Waals surface area (Å²) in [6, 6.07) is 10.9. The van der Waals surface area contributed by atoms with Crippen LogP contribution in [-0.4, -0.2) is 45.8 Å². The van der Waals surface area contributed by atoms with Crippen molar-refractivity contribution in [2.24, 2.45) is 7.05 Å². The van der Waals surface area contributed by atoms with Crippen LogP contribution in [0.1, 0.15) is 34.7 Å². The number of rotatable bonds is 8. The molecule has 0 N–H and O–H groups in total. The van der Waals surface area contributed by atoms with E-state index in [1.54, 1.807) is 20.2 Å². The summed E-state index contributed by atoms with van der Waals surface area (Å²) in [4.78, 5) is 11.3. The number of ether oxygens (including phenoxy) is 3. The monoisotopic (exact) mass is 521 g/mol. The van der Waals surface area contributed by atoms with Crippen molar-refractivity contribution in [2.75, 3.05) is 21.3 Å². The van der Waals surface area contributed by atoms with Crippen LogP contribution in [0.5, 0.6) is 17.2 Å². The Bertz CT molecular complexity index is 1490. The highest BCUT2D eigenvalue weighted by Gasteiger charge is 2.34. The largest absolute Gasteiger partial charge is 0.497 e. The van der Waals surface area contributed by atoms with Gasteiger partial charge in [0, 0.05) is 24.4 Å². The minimum Gasteiger partial charge on any atom is -0.497 e. The molecule has 5 rings (SSSR count). The van der Waals surface area contributed by atoms with Gasteiger partial charge in [-0.3, -0.25) is 19.5 Å². The van der Waals surface area contributed by atoms with Crippen molar-refractivity contribution in [3.63, 3.8) is 0 Å². The van der Waals surface area contributed by atoms with Gasteiger partial charge in [-0.25, -0.2) is 4.39 Å². The molecule has 0 fully saturated rings. The highest BCUT2D eigenvalue weighted by atomic mass is 19.1. The molecule has 2 aromatic carbocycles. The first-order chi connectivity index (χ1) is 18.3. The molecule has 0 bridgehead atoms. The Kier molecular flexibility index (Phi) is 6.75. The van der Waals surface area contributed by atoms with E-state index in [-0.39, 0.29) is 17.4 Å². The Balaban J connectivity index is 1.61. The molecular formula is C27H28FN5O5. The summed E-state index contributed by atoms with van der Waals surface area (Å²) in [7, 11) is 6.24. The summed E-state index contributed by atoms with van der Waals surface area (Å²) in [6.07, 6.45) is 2.94. The molecule has 10 nitrogen and oxygen atoms in total. The predicted octanol–water partition coefficient (Wildman–Crippen LogP) is 4.68. The van der Waals surface area contributed by atoms with E-state index in [4.69, 9.17) is 19.3 Å². The minimum absolute atomic E-state index is 0.102. The molecule has 2 aromatic heterocycles. The second-order valence-corrected chi connectivity index (χ2v) is 9.21. The van der Waals surface area contributed by atoms with Crippen LogP contribution in [0.4, 0.5) is 10.1 Å². The molecule has 4 aromatic rings. The van der Waals surface area contributed by atoms with Crippen molar-refractivity contribution >= 4 is 5.69 Å². The summed E-state index contributed by atoms with van der Waals surface area (Å²) in [5.41, 5.74) is 4.10. The summed E-state index contributed by atoms with van der Waals surface area (Å²) in [6.45, 7) is 0.439. The molecule has 0 amide bonds. The number of halogens is 1. The van der Waals surface area contributed by atoms with Crippen LogP contribution in [-0.2, 0) is 26.4 Å². The molecule has 0 radical (unpaired) electrons. The SMILES string of the molecule is COc1ccc(Cn2nc(-c3c([N+](=O)[O-])cnn3C)c3c2CC(c2cc(OC)cc(OC)c2F)CC3)cc1.